The van der Waals surface area contributed by atoms with Gasteiger partial charge in [-0.25, -0.2) is 9.69 Å². The molecule has 4 nitrogen and oxygen atoms in total. The molecular weight excluding hydrogens is 264 g/mol. The topological polar surface area (TPSA) is 40.6 Å². The van der Waals surface area contributed by atoms with Crippen LogP contribution in [0.4, 0.5) is 10.5 Å². The number of imide groups is 1. The molecule has 2 aromatic rings. The van der Waals surface area contributed by atoms with Crippen molar-refractivity contribution in [1.29, 1.82) is 0 Å². The van der Waals surface area contributed by atoms with E-state index in [9.17, 15) is 9.59 Å². The van der Waals surface area contributed by atoms with Crippen molar-refractivity contribution in [1.82, 2.24) is 4.90 Å². The summed E-state index contributed by atoms with van der Waals surface area (Å²) in [5, 5.41) is 1.95. The van der Waals surface area contributed by atoms with Crippen LogP contribution in [0.25, 0.3) is 10.8 Å². The summed E-state index contributed by atoms with van der Waals surface area (Å²) >= 11 is 0. The lowest BCUT2D eigenvalue weighted by Crippen LogP contribution is -2.56. The number of nitrogens with zero attached hydrogens (tertiary/aromatic N) is 2. The number of carbonyl (C=O) groups is 2. The first-order valence-corrected chi connectivity index (χ1v) is 7.24. The van der Waals surface area contributed by atoms with Crippen LogP contribution in [0.3, 0.4) is 0 Å². The van der Waals surface area contributed by atoms with Gasteiger partial charge in [-0.05, 0) is 25.3 Å². The Morgan fingerprint density at radius 3 is 2.57 bits per heavy atom. The molecule has 1 fully saturated rings. The molecule has 0 N–H and O–H groups in total. The Hall–Kier alpha value is -2.36. The minimum absolute atomic E-state index is 0.0405. The van der Waals surface area contributed by atoms with Crippen molar-refractivity contribution in [3.8, 4) is 0 Å². The molecule has 1 heterocycles. The van der Waals surface area contributed by atoms with Crippen LogP contribution < -0.4 is 4.90 Å². The molecular formula is C17H18N2O2. The van der Waals surface area contributed by atoms with Crippen molar-refractivity contribution in [3.05, 3.63) is 42.5 Å². The minimum Gasteiger partial charge on any atom is -0.321 e. The summed E-state index contributed by atoms with van der Waals surface area (Å²) in [6, 6.07) is 13.2. The Morgan fingerprint density at radius 1 is 1.10 bits per heavy atom. The summed E-state index contributed by atoms with van der Waals surface area (Å²) in [5.74, 6) is -0.131. The van der Waals surface area contributed by atoms with Crippen molar-refractivity contribution < 1.29 is 9.59 Å². The Bertz CT molecular complexity index is 706. The Balaban J connectivity index is 2.13. The van der Waals surface area contributed by atoms with Gasteiger partial charge in [-0.2, -0.15) is 0 Å². The standard InChI is InChI=1S/C17H18N2O2/c1-3-18-12(2)11-16(20)19(17(18)21)15-10-6-8-13-7-4-5-9-14(13)15/h4-10,12H,3,11H2,1-2H3. The van der Waals surface area contributed by atoms with Gasteiger partial charge < -0.3 is 4.90 Å². The van der Waals surface area contributed by atoms with Gasteiger partial charge in [0.25, 0.3) is 0 Å². The van der Waals surface area contributed by atoms with Crippen LogP contribution in [0.2, 0.25) is 0 Å². The van der Waals surface area contributed by atoms with Crippen LogP contribution >= 0.6 is 0 Å². The smallest absolute Gasteiger partial charge is 0.321 e. The highest BCUT2D eigenvalue weighted by Gasteiger charge is 2.37. The molecule has 3 amide bonds. The fourth-order valence-electron chi connectivity index (χ4n) is 2.97. The van der Waals surface area contributed by atoms with Gasteiger partial charge in [0, 0.05) is 24.4 Å². The fourth-order valence-corrected chi connectivity index (χ4v) is 2.97. The maximum atomic E-state index is 12.7. The zero-order chi connectivity index (χ0) is 15.0. The Labute approximate surface area is 124 Å². The lowest BCUT2D eigenvalue weighted by molar-refractivity contribution is -0.120. The van der Waals surface area contributed by atoms with Crippen LogP contribution in [0, 0.1) is 0 Å². The molecule has 3 rings (SSSR count). The van der Waals surface area contributed by atoms with E-state index in [4.69, 9.17) is 0 Å². The van der Waals surface area contributed by atoms with E-state index in [2.05, 4.69) is 0 Å². The lowest BCUT2D eigenvalue weighted by Gasteiger charge is -2.38. The van der Waals surface area contributed by atoms with E-state index in [-0.39, 0.29) is 18.0 Å². The predicted octanol–water partition coefficient (Wildman–Crippen LogP) is 3.41. The van der Waals surface area contributed by atoms with Crippen molar-refractivity contribution >= 4 is 28.4 Å². The average Bonchev–Trinajstić information content (AvgIpc) is 2.47. The summed E-state index contributed by atoms with van der Waals surface area (Å²) in [4.78, 5) is 28.1. The number of fused-ring (bicyclic) bond motifs is 1. The van der Waals surface area contributed by atoms with Gasteiger partial charge in [-0.15, -0.1) is 0 Å². The first kappa shape index (κ1) is 13.6. The highest BCUT2D eigenvalue weighted by molar-refractivity contribution is 6.19. The van der Waals surface area contributed by atoms with Crippen LogP contribution in [0.5, 0.6) is 0 Å². The average molecular weight is 282 g/mol. The monoisotopic (exact) mass is 282 g/mol. The second kappa shape index (κ2) is 5.20. The van der Waals surface area contributed by atoms with E-state index in [1.807, 2.05) is 56.3 Å². The van der Waals surface area contributed by atoms with E-state index in [0.717, 1.165) is 10.8 Å². The molecule has 4 heteroatoms. The van der Waals surface area contributed by atoms with Gasteiger partial charge in [0.15, 0.2) is 0 Å². The van der Waals surface area contributed by atoms with E-state index >= 15 is 0 Å². The summed E-state index contributed by atoms with van der Waals surface area (Å²) in [6.45, 7) is 4.46. The van der Waals surface area contributed by atoms with Gasteiger partial charge in [0.2, 0.25) is 5.91 Å². The van der Waals surface area contributed by atoms with Gasteiger partial charge in [-0.3, -0.25) is 4.79 Å². The molecule has 0 saturated carbocycles. The second-order valence-electron chi connectivity index (χ2n) is 5.35. The first-order chi connectivity index (χ1) is 10.1. The largest absolute Gasteiger partial charge is 0.331 e. The van der Waals surface area contributed by atoms with Gasteiger partial charge in [0.05, 0.1) is 5.69 Å². The maximum Gasteiger partial charge on any atom is 0.331 e. The zero-order valence-electron chi connectivity index (χ0n) is 12.2. The number of benzene rings is 2. The molecule has 1 saturated heterocycles. The van der Waals surface area contributed by atoms with Crippen LogP contribution in [-0.4, -0.2) is 29.4 Å². The molecule has 0 bridgehead atoms. The number of carbonyl (C=O) groups excluding carboxylic acids is 2. The van der Waals surface area contributed by atoms with E-state index in [1.165, 1.54) is 4.90 Å². The molecule has 21 heavy (non-hydrogen) atoms. The van der Waals surface area contributed by atoms with Crippen molar-refractivity contribution in [3.63, 3.8) is 0 Å². The first-order valence-electron chi connectivity index (χ1n) is 7.24. The Kier molecular flexibility index (Phi) is 3.37. The molecule has 1 aliphatic rings. The molecule has 0 aliphatic carbocycles. The van der Waals surface area contributed by atoms with E-state index in [1.54, 1.807) is 4.90 Å². The SMILES string of the molecule is CCN1C(=O)N(c2cccc3ccccc23)C(=O)CC1C. The quantitative estimate of drug-likeness (QED) is 0.847. The third-order valence-corrected chi connectivity index (χ3v) is 4.04. The van der Waals surface area contributed by atoms with Crippen LogP contribution in [0.15, 0.2) is 42.5 Å². The van der Waals surface area contributed by atoms with Crippen LogP contribution in [-0.2, 0) is 4.79 Å². The number of anilines is 1. The number of hydrogen-bond donors (Lipinski definition) is 0. The number of amides is 3. The fraction of sp³-hybridized carbons (Fsp3) is 0.294. The highest BCUT2D eigenvalue weighted by Crippen LogP contribution is 2.30. The molecule has 1 atom stereocenters. The molecule has 2 aromatic carbocycles. The van der Waals surface area contributed by atoms with Crippen LogP contribution in [0.1, 0.15) is 20.3 Å². The van der Waals surface area contributed by atoms with Crippen molar-refractivity contribution in [2.24, 2.45) is 0 Å². The molecule has 1 aliphatic heterocycles. The third-order valence-electron chi connectivity index (χ3n) is 4.04. The van der Waals surface area contributed by atoms with E-state index < -0.39 is 0 Å². The molecule has 0 radical (unpaired) electrons. The normalized spacial score (nSPS) is 19.4. The van der Waals surface area contributed by atoms with Gasteiger partial charge in [-0.1, -0.05) is 36.4 Å². The lowest BCUT2D eigenvalue weighted by atomic mass is 10.1. The summed E-state index contributed by atoms with van der Waals surface area (Å²) in [6.07, 6.45) is 0.364. The number of rotatable bonds is 2. The second-order valence-corrected chi connectivity index (χ2v) is 5.35. The summed E-state index contributed by atoms with van der Waals surface area (Å²) in [7, 11) is 0. The summed E-state index contributed by atoms with van der Waals surface area (Å²) < 4.78 is 0. The predicted molar refractivity (Wildman–Crippen MR) is 83.3 cm³/mol. The van der Waals surface area contributed by atoms with Gasteiger partial charge in [0.1, 0.15) is 0 Å². The van der Waals surface area contributed by atoms with Crippen molar-refractivity contribution in [2.75, 3.05) is 11.4 Å². The third kappa shape index (κ3) is 2.17. The molecule has 0 spiro atoms. The number of urea groups is 1. The maximum absolute atomic E-state index is 12.7. The minimum atomic E-state index is -0.224. The highest BCUT2D eigenvalue weighted by atomic mass is 16.2. The zero-order valence-corrected chi connectivity index (χ0v) is 12.2. The van der Waals surface area contributed by atoms with E-state index in [0.29, 0.717) is 18.7 Å². The molecule has 0 aromatic heterocycles. The van der Waals surface area contributed by atoms with Crippen molar-refractivity contribution in [2.45, 2.75) is 26.3 Å². The Morgan fingerprint density at radius 2 is 1.81 bits per heavy atom. The summed E-state index contributed by atoms with van der Waals surface area (Å²) in [5.41, 5.74) is 0.674. The number of hydrogen-bond acceptors (Lipinski definition) is 2. The molecule has 1 unspecified atom stereocenters. The molecule has 108 valence electrons. The van der Waals surface area contributed by atoms with Gasteiger partial charge >= 0.3 is 6.03 Å².